The average molecular weight is 208 g/mol. The Bertz CT molecular complexity index is 392. The molecule has 5 heteroatoms. The minimum Gasteiger partial charge on any atom is -0.325 e. The lowest BCUT2D eigenvalue weighted by Crippen LogP contribution is -2.48. The Morgan fingerprint density at radius 1 is 1.53 bits per heavy atom. The second-order valence-electron chi connectivity index (χ2n) is 4.45. The molecule has 1 heterocycles. The van der Waals surface area contributed by atoms with Gasteiger partial charge in [-0.3, -0.25) is 4.79 Å². The Hall–Kier alpha value is -1.23. The third kappa shape index (κ3) is 1.79. The van der Waals surface area contributed by atoms with Crippen molar-refractivity contribution < 1.29 is 4.79 Å². The van der Waals surface area contributed by atoms with Gasteiger partial charge in [0.1, 0.15) is 5.82 Å². The summed E-state index contributed by atoms with van der Waals surface area (Å²) in [6.45, 7) is 1.82. The lowest BCUT2D eigenvalue weighted by molar-refractivity contribution is 0.0898. The Kier molecular flexibility index (Phi) is 2.34. The maximum atomic E-state index is 11.9. The third-order valence-corrected chi connectivity index (χ3v) is 3.20. The van der Waals surface area contributed by atoms with Gasteiger partial charge in [-0.25, -0.2) is 0 Å². The molecular formula is C10H16N4O. The van der Waals surface area contributed by atoms with Gasteiger partial charge in [0.15, 0.2) is 5.82 Å². The van der Waals surface area contributed by atoms with Crippen LogP contribution < -0.4 is 5.73 Å². The van der Waals surface area contributed by atoms with E-state index in [2.05, 4.69) is 10.2 Å². The fraction of sp³-hybridized carbons (Fsp3) is 0.700. The largest absolute Gasteiger partial charge is 0.325 e. The zero-order valence-electron chi connectivity index (χ0n) is 9.16. The topological polar surface area (TPSA) is 73.8 Å². The van der Waals surface area contributed by atoms with Crippen LogP contribution in [0.2, 0.25) is 0 Å². The lowest BCUT2D eigenvalue weighted by Gasteiger charge is -2.37. The summed E-state index contributed by atoms with van der Waals surface area (Å²) >= 11 is 0. The van der Waals surface area contributed by atoms with Crippen molar-refractivity contribution in [3.63, 3.8) is 0 Å². The molecule has 1 aromatic rings. The predicted molar refractivity (Wildman–Crippen MR) is 55.5 cm³/mol. The molecule has 2 N–H and O–H groups in total. The van der Waals surface area contributed by atoms with Crippen molar-refractivity contribution in [2.75, 3.05) is 0 Å². The maximum Gasteiger partial charge on any atom is 0.202 e. The van der Waals surface area contributed by atoms with Crippen molar-refractivity contribution in [3.05, 3.63) is 11.6 Å². The normalized spacial score (nSPS) is 18.6. The molecule has 1 aliphatic carbocycles. The first-order valence-corrected chi connectivity index (χ1v) is 5.20. The number of hydrogen-bond donors (Lipinski definition) is 1. The van der Waals surface area contributed by atoms with E-state index in [1.54, 1.807) is 11.6 Å². The molecule has 0 spiro atoms. The highest BCUT2D eigenvalue weighted by molar-refractivity contribution is 5.93. The fourth-order valence-corrected chi connectivity index (χ4v) is 1.86. The summed E-state index contributed by atoms with van der Waals surface area (Å²) in [6.07, 6.45) is 3.39. The van der Waals surface area contributed by atoms with Crippen molar-refractivity contribution in [1.82, 2.24) is 14.8 Å². The summed E-state index contributed by atoms with van der Waals surface area (Å²) < 4.78 is 1.71. The lowest BCUT2D eigenvalue weighted by atomic mass is 9.74. The monoisotopic (exact) mass is 208 g/mol. The first-order valence-electron chi connectivity index (χ1n) is 5.20. The summed E-state index contributed by atoms with van der Waals surface area (Å²) in [5.41, 5.74) is 5.74. The molecule has 15 heavy (non-hydrogen) atoms. The van der Waals surface area contributed by atoms with Gasteiger partial charge in [0.25, 0.3) is 0 Å². The molecule has 82 valence electrons. The number of nitrogens with zero attached hydrogens (tertiary/aromatic N) is 3. The Labute approximate surface area is 88.7 Å². The van der Waals surface area contributed by atoms with Crippen LogP contribution in [0, 0.1) is 6.92 Å². The zero-order chi connectivity index (χ0) is 11.1. The van der Waals surface area contributed by atoms with Crippen LogP contribution in [-0.2, 0) is 7.05 Å². The second-order valence-corrected chi connectivity index (χ2v) is 4.45. The minimum absolute atomic E-state index is 0.000278. The van der Waals surface area contributed by atoms with Crippen LogP contribution in [0.1, 0.15) is 42.1 Å². The van der Waals surface area contributed by atoms with E-state index in [1.165, 1.54) is 0 Å². The van der Waals surface area contributed by atoms with Gasteiger partial charge >= 0.3 is 0 Å². The van der Waals surface area contributed by atoms with Crippen LogP contribution in [0.15, 0.2) is 0 Å². The smallest absolute Gasteiger partial charge is 0.202 e. The van der Waals surface area contributed by atoms with E-state index in [0.717, 1.165) is 25.1 Å². The molecule has 5 nitrogen and oxygen atoms in total. The van der Waals surface area contributed by atoms with Crippen molar-refractivity contribution in [1.29, 1.82) is 0 Å². The van der Waals surface area contributed by atoms with Gasteiger partial charge in [0.2, 0.25) is 5.78 Å². The number of carbonyl (C=O) groups is 1. The van der Waals surface area contributed by atoms with Gasteiger partial charge in [-0.15, -0.1) is 10.2 Å². The van der Waals surface area contributed by atoms with Gasteiger partial charge in [0, 0.05) is 19.0 Å². The first-order chi connectivity index (χ1) is 7.02. The molecule has 1 aliphatic rings. The molecule has 0 atom stereocenters. The van der Waals surface area contributed by atoms with Gasteiger partial charge in [-0.05, 0) is 26.2 Å². The highest BCUT2D eigenvalue weighted by Crippen LogP contribution is 2.32. The van der Waals surface area contributed by atoms with Gasteiger partial charge in [0.05, 0.1) is 0 Å². The number of Topliss-reactive ketones (excluding diaryl/α,β-unsaturated/α-hetero) is 1. The number of aryl methyl sites for hydroxylation is 1. The molecular weight excluding hydrogens is 192 g/mol. The van der Waals surface area contributed by atoms with Crippen molar-refractivity contribution >= 4 is 5.78 Å². The van der Waals surface area contributed by atoms with Gasteiger partial charge < -0.3 is 10.3 Å². The summed E-state index contributed by atoms with van der Waals surface area (Å²) in [7, 11) is 1.80. The molecule has 0 bridgehead atoms. The first kappa shape index (κ1) is 10.3. The number of ketones is 1. The molecule has 2 rings (SSSR count). The molecule has 0 amide bonds. The summed E-state index contributed by atoms with van der Waals surface area (Å²) in [6, 6.07) is 0. The third-order valence-electron chi connectivity index (χ3n) is 3.20. The molecule has 0 aromatic carbocycles. The van der Waals surface area contributed by atoms with E-state index >= 15 is 0 Å². The number of rotatable bonds is 3. The highest BCUT2D eigenvalue weighted by atomic mass is 16.1. The Morgan fingerprint density at radius 3 is 2.60 bits per heavy atom. The molecule has 0 radical (unpaired) electrons. The summed E-state index contributed by atoms with van der Waals surface area (Å²) in [5, 5.41) is 7.73. The van der Waals surface area contributed by atoms with Crippen molar-refractivity contribution in [2.24, 2.45) is 12.8 Å². The number of carbonyl (C=O) groups excluding carboxylic acids is 1. The van der Waals surface area contributed by atoms with Crippen molar-refractivity contribution in [3.8, 4) is 0 Å². The number of hydrogen-bond acceptors (Lipinski definition) is 4. The molecule has 0 unspecified atom stereocenters. The number of aromatic nitrogens is 3. The van der Waals surface area contributed by atoms with Crippen LogP contribution in [0.25, 0.3) is 0 Å². The fourth-order valence-electron chi connectivity index (χ4n) is 1.86. The number of nitrogens with two attached hydrogens (primary N) is 1. The van der Waals surface area contributed by atoms with E-state index < -0.39 is 0 Å². The van der Waals surface area contributed by atoms with Gasteiger partial charge in [-0.1, -0.05) is 0 Å². The molecule has 1 aromatic heterocycles. The van der Waals surface area contributed by atoms with Crippen LogP contribution in [0.3, 0.4) is 0 Å². The Morgan fingerprint density at radius 2 is 2.20 bits per heavy atom. The van der Waals surface area contributed by atoms with Crippen LogP contribution in [0.5, 0.6) is 0 Å². The molecule has 1 saturated carbocycles. The zero-order valence-corrected chi connectivity index (χ0v) is 9.16. The van der Waals surface area contributed by atoms with Gasteiger partial charge in [-0.2, -0.15) is 0 Å². The van der Waals surface area contributed by atoms with Crippen molar-refractivity contribution in [2.45, 2.75) is 38.1 Å². The average Bonchev–Trinajstić information content (AvgIpc) is 2.45. The van der Waals surface area contributed by atoms with E-state index in [0.29, 0.717) is 12.2 Å². The van der Waals surface area contributed by atoms with E-state index in [1.807, 2.05) is 6.92 Å². The SMILES string of the molecule is Cc1nnc(C(=O)CC2(N)CCC2)n1C. The highest BCUT2D eigenvalue weighted by Gasteiger charge is 2.35. The molecule has 1 fully saturated rings. The Balaban J connectivity index is 2.11. The summed E-state index contributed by atoms with van der Waals surface area (Å²) in [5.74, 6) is 1.17. The quantitative estimate of drug-likeness (QED) is 0.737. The minimum atomic E-state index is -0.281. The van der Waals surface area contributed by atoms with E-state index in [4.69, 9.17) is 5.73 Å². The molecule has 0 saturated heterocycles. The van der Waals surface area contributed by atoms with Crippen LogP contribution in [-0.4, -0.2) is 26.1 Å². The van der Waals surface area contributed by atoms with Crippen LogP contribution >= 0.6 is 0 Å². The van der Waals surface area contributed by atoms with Crippen LogP contribution in [0.4, 0.5) is 0 Å². The standard InChI is InChI=1S/C10H16N4O/c1-7-12-13-9(14(7)2)8(15)6-10(11)4-3-5-10/h3-6,11H2,1-2H3. The summed E-state index contributed by atoms with van der Waals surface area (Å²) in [4.78, 5) is 11.9. The maximum absolute atomic E-state index is 11.9. The predicted octanol–water partition coefficient (Wildman–Crippen LogP) is 0.578. The second kappa shape index (κ2) is 3.41. The molecule has 0 aliphatic heterocycles. The van der Waals surface area contributed by atoms with E-state index in [9.17, 15) is 4.79 Å². The van der Waals surface area contributed by atoms with E-state index in [-0.39, 0.29) is 11.3 Å².